The van der Waals surface area contributed by atoms with Gasteiger partial charge in [-0.1, -0.05) is 0 Å². The van der Waals surface area contributed by atoms with Crippen molar-refractivity contribution in [1.82, 2.24) is 5.32 Å². The number of carboxylic acids is 1. The Bertz CT molecular complexity index is 783. The van der Waals surface area contributed by atoms with Crippen LogP contribution < -0.4 is 14.8 Å². The molecule has 0 spiro atoms. The number of amides is 1. The van der Waals surface area contributed by atoms with Crippen molar-refractivity contribution >= 4 is 29.2 Å². The molecule has 0 unspecified atom stereocenters. The van der Waals surface area contributed by atoms with Crippen LogP contribution in [0.25, 0.3) is 5.57 Å². The largest absolute Gasteiger partial charge is 0.493 e. The third kappa shape index (κ3) is 3.16. The normalized spacial score (nSPS) is 19.3. The van der Waals surface area contributed by atoms with E-state index in [1.54, 1.807) is 26.0 Å². The molecule has 1 heterocycles. The first-order valence-electron chi connectivity index (χ1n) is 8.56. The summed E-state index contributed by atoms with van der Waals surface area (Å²) in [7, 11) is 3.20. The number of hydrogen-bond donors (Lipinski definition) is 2. The average Bonchev–Trinajstić information content (AvgIpc) is 2.58. The molecule has 2 aliphatic rings. The van der Waals surface area contributed by atoms with Gasteiger partial charge in [0.15, 0.2) is 11.5 Å². The molecule has 0 saturated heterocycles. The second-order valence-electron chi connectivity index (χ2n) is 6.61. The van der Waals surface area contributed by atoms with Gasteiger partial charge in [-0.3, -0.25) is 4.79 Å². The van der Waals surface area contributed by atoms with Crippen molar-refractivity contribution in [2.45, 2.75) is 43.0 Å². The summed E-state index contributed by atoms with van der Waals surface area (Å²) in [5, 5.41) is 12.1. The number of aliphatic carboxylic acids is 1. The minimum atomic E-state index is -1.10. The van der Waals surface area contributed by atoms with Gasteiger partial charge in [-0.15, -0.1) is 11.8 Å². The lowest BCUT2D eigenvalue weighted by Crippen LogP contribution is -2.58. The Hall–Kier alpha value is -2.15. The van der Waals surface area contributed by atoms with Crippen LogP contribution in [-0.4, -0.2) is 42.5 Å². The number of carbonyl (C=O) groups is 2. The molecule has 2 N–H and O–H groups in total. The zero-order valence-corrected chi connectivity index (χ0v) is 16.0. The highest BCUT2D eigenvalue weighted by molar-refractivity contribution is 7.99. The summed E-state index contributed by atoms with van der Waals surface area (Å²) in [5.41, 5.74) is 1.72. The molecule has 1 amide bonds. The highest BCUT2D eigenvalue weighted by atomic mass is 32.2. The van der Waals surface area contributed by atoms with E-state index in [0.29, 0.717) is 24.3 Å². The number of carboxylic acid groups (broad SMARTS) is 1. The summed E-state index contributed by atoms with van der Waals surface area (Å²) in [4.78, 5) is 25.0. The molecule has 6 nitrogen and oxygen atoms in total. The van der Waals surface area contributed by atoms with Crippen LogP contribution in [0.5, 0.6) is 11.5 Å². The van der Waals surface area contributed by atoms with E-state index in [1.165, 1.54) is 6.08 Å². The van der Waals surface area contributed by atoms with Crippen molar-refractivity contribution in [2.75, 3.05) is 20.0 Å². The summed E-state index contributed by atoms with van der Waals surface area (Å²) in [6.07, 6.45) is 4.05. The van der Waals surface area contributed by atoms with E-state index in [-0.39, 0.29) is 5.91 Å². The Kier molecular flexibility index (Phi) is 5.18. The lowest BCUT2D eigenvalue weighted by molar-refractivity contribution is -0.151. The number of fused-ring (bicyclic) bond motifs is 1. The molecule has 0 radical (unpaired) electrons. The number of carbonyl (C=O) groups excluding carboxylic acids is 1. The Balaban J connectivity index is 1.94. The summed E-state index contributed by atoms with van der Waals surface area (Å²) >= 11 is 1.73. The number of thioether (sulfide) groups is 1. The fourth-order valence-corrected chi connectivity index (χ4v) is 4.66. The van der Waals surface area contributed by atoms with Gasteiger partial charge >= 0.3 is 5.97 Å². The van der Waals surface area contributed by atoms with E-state index in [0.717, 1.165) is 40.2 Å². The van der Waals surface area contributed by atoms with Gasteiger partial charge in [-0.25, -0.2) is 4.79 Å². The first kappa shape index (κ1) is 18.6. The van der Waals surface area contributed by atoms with Crippen LogP contribution >= 0.6 is 11.8 Å². The number of benzene rings is 1. The number of nitrogens with one attached hydrogen (secondary N) is 1. The van der Waals surface area contributed by atoms with Crippen LogP contribution in [0.1, 0.15) is 36.8 Å². The van der Waals surface area contributed by atoms with Gasteiger partial charge < -0.3 is 19.9 Å². The smallest absolute Gasteiger partial charge is 0.329 e. The highest BCUT2D eigenvalue weighted by Crippen LogP contribution is 2.46. The van der Waals surface area contributed by atoms with E-state index in [2.05, 4.69) is 5.32 Å². The summed E-state index contributed by atoms with van der Waals surface area (Å²) < 4.78 is 10.9. The van der Waals surface area contributed by atoms with Crippen molar-refractivity contribution in [1.29, 1.82) is 0 Å². The lowest BCUT2D eigenvalue weighted by Gasteiger charge is -2.38. The Morgan fingerprint density at radius 1 is 1.31 bits per heavy atom. The molecule has 1 aromatic carbocycles. The molecule has 1 fully saturated rings. The van der Waals surface area contributed by atoms with Gasteiger partial charge in [0, 0.05) is 22.3 Å². The number of ether oxygens (including phenoxy) is 2. The van der Waals surface area contributed by atoms with Gasteiger partial charge in [0.05, 0.1) is 14.2 Å². The second-order valence-corrected chi connectivity index (χ2v) is 7.72. The molecule has 3 rings (SSSR count). The quantitative estimate of drug-likeness (QED) is 0.768. The molecule has 1 aliphatic carbocycles. The van der Waals surface area contributed by atoms with Gasteiger partial charge in [-0.2, -0.15) is 0 Å². The Morgan fingerprint density at radius 2 is 2.04 bits per heavy atom. The maximum absolute atomic E-state index is 12.5. The van der Waals surface area contributed by atoms with Crippen LogP contribution in [0.4, 0.5) is 0 Å². The molecule has 26 heavy (non-hydrogen) atoms. The van der Waals surface area contributed by atoms with Crippen molar-refractivity contribution in [3.63, 3.8) is 0 Å². The van der Waals surface area contributed by atoms with Crippen molar-refractivity contribution in [3.8, 4) is 11.5 Å². The molecule has 0 atom stereocenters. The molecule has 1 aromatic rings. The van der Waals surface area contributed by atoms with E-state index < -0.39 is 11.5 Å². The molecule has 7 heteroatoms. The monoisotopic (exact) mass is 377 g/mol. The first-order chi connectivity index (χ1) is 12.4. The fourth-order valence-electron chi connectivity index (χ4n) is 3.48. The van der Waals surface area contributed by atoms with Crippen molar-refractivity contribution in [3.05, 3.63) is 23.3 Å². The predicted octanol–water partition coefficient (Wildman–Crippen LogP) is 3.01. The third-order valence-corrected chi connectivity index (χ3v) is 6.32. The minimum Gasteiger partial charge on any atom is -0.493 e. The maximum Gasteiger partial charge on any atom is 0.329 e. The Morgan fingerprint density at radius 3 is 2.58 bits per heavy atom. The van der Waals surface area contributed by atoms with Gasteiger partial charge in [0.25, 0.3) is 0 Å². The zero-order chi connectivity index (χ0) is 18.9. The maximum atomic E-state index is 12.5. The van der Waals surface area contributed by atoms with Crippen LogP contribution in [-0.2, 0) is 9.59 Å². The van der Waals surface area contributed by atoms with Crippen LogP contribution in [0.3, 0.4) is 0 Å². The van der Waals surface area contributed by atoms with E-state index in [4.69, 9.17) is 9.47 Å². The van der Waals surface area contributed by atoms with Crippen LogP contribution in [0.2, 0.25) is 0 Å². The first-order valence-corrected chi connectivity index (χ1v) is 9.55. The third-order valence-electron chi connectivity index (χ3n) is 5.10. The van der Waals surface area contributed by atoms with E-state index in [1.807, 2.05) is 13.0 Å². The summed E-state index contributed by atoms with van der Waals surface area (Å²) in [6.45, 7) is 1.98. The van der Waals surface area contributed by atoms with Gasteiger partial charge in [0.2, 0.25) is 5.91 Å². The topological polar surface area (TPSA) is 84.9 Å². The van der Waals surface area contributed by atoms with Crippen molar-refractivity contribution in [2.24, 2.45) is 0 Å². The SMILES string of the molecule is COc1cc2c(c(C)c1OC)SCCC2=CC(=O)NC1(C(=O)O)CCC1. The predicted molar refractivity (Wildman–Crippen MR) is 100.0 cm³/mol. The zero-order valence-electron chi connectivity index (χ0n) is 15.2. The molecule has 140 valence electrons. The Labute approximate surface area is 156 Å². The molecule has 0 bridgehead atoms. The number of rotatable bonds is 5. The summed E-state index contributed by atoms with van der Waals surface area (Å²) in [5.74, 6) is 0.860. The molecule has 0 aromatic heterocycles. The molecule has 1 saturated carbocycles. The number of methoxy groups -OCH3 is 2. The second kappa shape index (κ2) is 7.23. The fraction of sp³-hybridized carbons (Fsp3) is 0.474. The van der Waals surface area contributed by atoms with E-state index in [9.17, 15) is 14.7 Å². The standard InChI is InChI=1S/C19H23NO5S/c1-11-16(25-3)14(24-2)10-13-12(5-8-26-17(11)13)9-15(21)20-19(18(22)23)6-4-7-19/h9-10H,4-8H2,1-3H3,(H,20,21)(H,22,23). The molecular formula is C19H23NO5S. The van der Waals surface area contributed by atoms with Crippen LogP contribution in [0.15, 0.2) is 17.0 Å². The molecular weight excluding hydrogens is 354 g/mol. The van der Waals surface area contributed by atoms with E-state index >= 15 is 0 Å². The highest BCUT2D eigenvalue weighted by Gasteiger charge is 2.45. The lowest BCUT2D eigenvalue weighted by atomic mass is 9.76. The van der Waals surface area contributed by atoms with Gasteiger partial charge in [-0.05, 0) is 49.8 Å². The number of hydrogen-bond acceptors (Lipinski definition) is 5. The summed E-state index contributed by atoms with van der Waals surface area (Å²) in [6, 6.07) is 1.89. The minimum absolute atomic E-state index is 0.354. The average molecular weight is 377 g/mol. The number of allylic oxidation sites excluding steroid dienone is 1. The molecule has 1 aliphatic heterocycles. The van der Waals surface area contributed by atoms with Crippen molar-refractivity contribution < 1.29 is 24.2 Å². The van der Waals surface area contributed by atoms with Gasteiger partial charge in [0.1, 0.15) is 5.54 Å². The van der Waals surface area contributed by atoms with Crippen LogP contribution in [0, 0.1) is 6.92 Å².